The van der Waals surface area contributed by atoms with Crippen molar-refractivity contribution in [2.75, 3.05) is 19.6 Å². The molecule has 2 aromatic rings. The molecule has 1 heterocycles. The smallest absolute Gasteiger partial charge is 0.123 e. The molecular formula is C20H25FN2. The number of hydrogen-bond donors (Lipinski definition) is 1. The molecule has 0 aliphatic carbocycles. The Balaban J connectivity index is 1.66. The monoisotopic (exact) mass is 312 g/mol. The van der Waals surface area contributed by atoms with Gasteiger partial charge in [0.2, 0.25) is 0 Å². The highest BCUT2D eigenvalue weighted by molar-refractivity contribution is 5.17. The number of nitrogens with one attached hydrogen (secondary N) is 1. The molecule has 0 atom stereocenters. The van der Waals surface area contributed by atoms with E-state index in [1.54, 1.807) is 12.1 Å². The second-order valence-corrected chi connectivity index (χ2v) is 6.31. The van der Waals surface area contributed by atoms with Gasteiger partial charge in [-0.3, -0.25) is 4.90 Å². The van der Waals surface area contributed by atoms with E-state index in [0.717, 1.165) is 32.6 Å². The van der Waals surface area contributed by atoms with E-state index in [1.165, 1.54) is 24.0 Å². The average Bonchev–Trinajstić information content (AvgIpc) is 2.62. The Bertz CT molecular complexity index is 576. The van der Waals surface area contributed by atoms with Gasteiger partial charge in [-0.05, 0) is 55.6 Å². The van der Waals surface area contributed by atoms with E-state index in [4.69, 9.17) is 0 Å². The summed E-state index contributed by atoms with van der Waals surface area (Å²) in [5.74, 6) is -0.161. The minimum absolute atomic E-state index is 0.161. The summed E-state index contributed by atoms with van der Waals surface area (Å²) < 4.78 is 13.1. The second kappa shape index (κ2) is 8.23. The van der Waals surface area contributed by atoms with Gasteiger partial charge in [0.1, 0.15) is 5.82 Å². The molecule has 1 aliphatic heterocycles. The van der Waals surface area contributed by atoms with Crippen LogP contribution in [0, 0.1) is 5.82 Å². The van der Waals surface area contributed by atoms with Crippen molar-refractivity contribution < 1.29 is 4.39 Å². The molecule has 2 nitrogen and oxygen atoms in total. The predicted molar refractivity (Wildman–Crippen MR) is 92.8 cm³/mol. The van der Waals surface area contributed by atoms with Crippen molar-refractivity contribution in [3.05, 3.63) is 71.5 Å². The zero-order valence-corrected chi connectivity index (χ0v) is 13.5. The van der Waals surface area contributed by atoms with Gasteiger partial charge in [0.05, 0.1) is 0 Å². The average molecular weight is 312 g/mol. The van der Waals surface area contributed by atoms with E-state index >= 15 is 0 Å². The molecule has 0 amide bonds. The molecule has 23 heavy (non-hydrogen) atoms. The largest absolute Gasteiger partial charge is 0.317 e. The molecule has 1 saturated heterocycles. The number of benzene rings is 2. The number of halogens is 1. The Kier molecular flexibility index (Phi) is 5.78. The Morgan fingerprint density at radius 1 is 0.913 bits per heavy atom. The Labute approximate surface area is 138 Å². The molecule has 1 N–H and O–H groups in total. The molecule has 0 bridgehead atoms. The maximum Gasteiger partial charge on any atom is 0.123 e. The summed E-state index contributed by atoms with van der Waals surface area (Å²) >= 11 is 0. The van der Waals surface area contributed by atoms with E-state index in [9.17, 15) is 4.39 Å². The Hall–Kier alpha value is -1.71. The van der Waals surface area contributed by atoms with E-state index in [0.29, 0.717) is 6.04 Å². The highest BCUT2D eigenvalue weighted by atomic mass is 19.1. The lowest BCUT2D eigenvalue weighted by Gasteiger charge is -2.35. The molecule has 0 aromatic heterocycles. The minimum atomic E-state index is -0.161. The van der Waals surface area contributed by atoms with E-state index in [2.05, 4.69) is 40.5 Å². The molecule has 3 heteroatoms. The van der Waals surface area contributed by atoms with Gasteiger partial charge in [-0.2, -0.15) is 0 Å². The first kappa shape index (κ1) is 16.2. The summed E-state index contributed by atoms with van der Waals surface area (Å²) in [4.78, 5) is 2.57. The standard InChI is InChI=1S/C20H25FN2/c21-19-8-6-18(7-9-19)16-23(20-10-13-22-14-11-20)15-12-17-4-2-1-3-5-17/h1-9,20,22H,10-16H2. The summed E-state index contributed by atoms with van der Waals surface area (Å²) in [6.07, 6.45) is 3.44. The predicted octanol–water partition coefficient (Wildman–Crippen LogP) is 3.62. The highest BCUT2D eigenvalue weighted by Gasteiger charge is 2.20. The van der Waals surface area contributed by atoms with Crippen molar-refractivity contribution in [1.29, 1.82) is 0 Å². The lowest BCUT2D eigenvalue weighted by molar-refractivity contribution is 0.155. The first-order chi connectivity index (χ1) is 11.3. The van der Waals surface area contributed by atoms with Crippen molar-refractivity contribution in [1.82, 2.24) is 10.2 Å². The molecular weight excluding hydrogens is 287 g/mol. The molecule has 1 fully saturated rings. The summed E-state index contributed by atoms with van der Waals surface area (Å²) in [7, 11) is 0. The first-order valence-electron chi connectivity index (χ1n) is 8.54. The van der Waals surface area contributed by atoms with Crippen LogP contribution in [0.3, 0.4) is 0 Å². The van der Waals surface area contributed by atoms with E-state index < -0.39 is 0 Å². The summed E-state index contributed by atoms with van der Waals surface area (Å²) in [5, 5.41) is 3.44. The van der Waals surface area contributed by atoms with E-state index in [-0.39, 0.29) is 5.82 Å². The second-order valence-electron chi connectivity index (χ2n) is 6.31. The fraction of sp³-hybridized carbons (Fsp3) is 0.400. The fourth-order valence-electron chi connectivity index (χ4n) is 3.30. The Morgan fingerprint density at radius 2 is 1.61 bits per heavy atom. The molecule has 1 aliphatic rings. The van der Waals surface area contributed by atoms with E-state index in [1.807, 2.05) is 12.1 Å². The molecule has 0 unspecified atom stereocenters. The normalized spacial score (nSPS) is 15.9. The molecule has 2 aromatic carbocycles. The van der Waals surface area contributed by atoms with Crippen molar-refractivity contribution in [3.63, 3.8) is 0 Å². The van der Waals surface area contributed by atoms with Crippen LogP contribution < -0.4 is 5.32 Å². The minimum Gasteiger partial charge on any atom is -0.317 e. The quantitative estimate of drug-likeness (QED) is 0.876. The van der Waals surface area contributed by atoms with Crippen molar-refractivity contribution in [3.8, 4) is 0 Å². The van der Waals surface area contributed by atoms with Crippen LogP contribution in [-0.2, 0) is 13.0 Å². The van der Waals surface area contributed by atoms with Crippen LogP contribution >= 0.6 is 0 Å². The van der Waals surface area contributed by atoms with Gasteiger partial charge < -0.3 is 5.32 Å². The summed E-state index contributed by atoms with van der Waals surface area (Å²) in [6, 6.07) is 18.2. The van der Waals surface area contributed by atoms with Crippen LogP contribution in [0.25, 0.3) is 0 Å². The third-order valence-electron chi connectivity index (χ3n) is 4.65. The third kappa shape index (κ3) is 4.88. The fourth-order valence-corrected chi connectivity index (χ4v) is 3.30. The molecule has 3 rings (SSSR count). The van der Waals surface area contributed by atoms with Gasteiger partial charge >= 0.3 is 0 Å². The van der Waals surface area contributed by atoms with Crippen LogP contribution in [0.5, 0.6) is 0 Å². The van der Waals surface area contributed by atoms with Crippen molar-refractivity contribution >= 4 is 0 Å². The van der Waals surface area contributed by atoms with Gasteiger partial charge in [0.15, 0.2) is 0 Å². The maximum atomic E-state index is 13.1. The Morgan fingerprint density at radius 3 is 2.30 bits per heavy atom. The molecule has 0 radical (unpaired) electrons. The SMILES string of the molecule is Fc1ccc(CN(CCc2ccccc2)C2CCNCC2)cc1. The number of nitrogens with zero attached hydrogens (tertiary/aromatic N) is 1. The van der Waals surface area contributed by atoms with Crippen LogP contribution in [0.1, 0.15) is 24.0 Å². The van der Waals surface area contributed by atoms with Crippen molar-refractivity contribution in [2.45, 2.75) is 31.8 Å². The zero-order valence-electron chi connectivity index (χ0n) is 13.5. The lowest BCUT2D eigenvalue weighted by atomic mass is 10.0. The van der Waals surface area contributed by atoms with Gasteiger partial charge in [-0.15, -0.1) is 0 Å². The lowest BCUT2D eigenvalue weighted by Crippen LogP contribution is -2.43. The van der Waals surface area contributed by atoms with Crippen LogP contribution in [0.2, 0.25) is 0 Å². The highest BCUT2D eigenvalue weighted by Crippen LogP contribution is 2.17. The van der Waals surface area contributed by atoms with Gasteiger partial charge in [0, 0.05) is 19.1 Å². The van der Waals surface area contributed by atoms with Crippen LogP contribution in [0.4, 0.5) is 4.39 Å². The van der Waals surface area contributed by atoms with Gasteiger partial charge in [-0.1, -0.05) is 42.5 Å². The molecule has 0 spiro atoms. The number of rotatable bonds is 6. The van der Waals surface area contributed by atoms with Crippen molar-refractivity contribution in [2.24, 2.45) is 0 Å². The molecule has 0 saturated carbocycles. The third-order valence-corrected chi connectivity index (χ3v) is 4.65. The van der Waals surface area contributed by atoms with Gasteiger partial charge in [-0.25, -0.2) is 4.39 Å². The summed E-state index contributed by atoms with van der Waals surface area (Å²) in [6.45, 7) is 4.13. The number of piperidine rings is 1. The first-order valence-corrected chi connectivity index (χ1v) is 8.54. The van der Waals surface area contributed by atoms with Crippen LogP contribution in [-0.4, -0.2) is 30.6 Å². The topological polar surface area (TPSA) is 15.3 Å². The summed E-state index contributed by atoms with van der Waals surface area (Å²) in [5.41, 5.74) is 2.57. The maximum absolute atomic E-state index is 13.1. The van der Waals surface area contributed by atoms with Gasteiger partial charge in [0.25, 0.3) is 0 Å². The molecule has 122 valence electrons. The zero-order chi connectivity index (χ0) is 15.9. The number of hydrogen-bond acceptors (Lipinski definition) is 2. The van der Waals surface area contributed by atoms with Crippen LogP contribution in [0.15, 0.2) is 54.6 Å².